The second kappa shape index (κ2) is 6.89. The van der Waals surface area contributed by atoms with Gasteiger partial charge in [-0.25, -0.2) is 0 Å². The lowest BCUT2D eigenvalue weighted by molar-refractivity contribution is 0.0841. The van der Waals surface area contributed by atoms with Crippen molar-refractivity contribution in [2.45, 2.75) is 38.4 Å². The van der Waals surface area contributed by atoms with Gasteiger partial charge in [-0.15, -0.1) is 0 Å². The number of likely N-dealkylation sites (tertiary alicyclic amines) is 1. The van der Waals surface area contributed by atoms with Crippen LogP contribution >= 0.6 is 0 Å². The highest BCUT2D eigenvalue weighted by Crippen LogP contribution is 2.23. The maximum absolute atomic E-state index is 9.44. The maximum atomic E-state index is 9.44. The molecule has 0 radical (unpaired) electrons. The Morgan fingerprint density at radius 1 is 1.42 bits per heavy atom. The predicted octanol–water partition coefficient (Wildman–Crippen LogP) is 1.50. The molecule has 4 nitrogen and oxygen atoms in total. The van der Waals surface area contributed by atoms with E-state index in [0.29, 0.717) is 12.6 Å². The van der Waals surface area contributed by atoms with Crippen LogP contribution in [0.1, 0.15) is 30.4 Å². The number of nitrogens with two attached hydrogens (primary N) is 1. The largest absolute Gasteiger partial charge is 0.496 e. The Morgan fingerprint density at radius 2 is 2.26 bits per heavy atom. The molecule has 0 spiro atoms. The van der Waals surface area contributed by atoms with E-state index in [1.165, 1.54) is 18.4 Å². The van der Waals surface area contributed by atoms with Crippen molar-refractivity contribution in [2.75, 3.05) is 20.3 Å². The molecule has 1 fully saturated rings. The van der Waals surface area contributed by atoms with E-state index in [-0.39, 0.29) is 6.61 Å². The molecule has 1 aromatic rings. The minimum Gasteiger partial charge on any atom is -0.496 e. The zero-order chi connectivity index (χ0) is 13.7. The molecule has 4 heteroatoms. The third-order valence-corrected chi connectivity index (χ3v) is 3.91. The molecule has 1 atom stereocenters. The zero-order valence-electron chi connectivity index (χ0n) is 11.6. The third kappa shape index (κ3) is 3.47. The smallest absolute Gasteiger partial charge is 0.123 e. The average Bonchev–Trinajstić information content (AvgIpc) is 2.47. The van der Waals surface area contributed by atoms with Gasteiger partial charge in [0.15, 0.2) is 0 Å². The van der Waals surface area contributed by atoms with Gasteiger partial charge in [-0.1, -0.05) is 12.5 Å². The van der Waals surface area contributed by atoms with E-state index in [0.717, 1.165) is 30.8 Å². The van der Waals surface area contributed by atoms with E-state index < -0.39 is 0 Å². The summed E-state index contributed by atoms with van der Waals surface area (Å²) in [6.45, 7) is 2.68. The van der Waals surface area contributed by atoms with E-state index in [2.05, 4.69) is 17.0 Å². The quantitative estimate of drug-likeness (QED) is 0.846. The number of methoxy groups -OCH3 is 1. The summed E-state index contributed by atoms with van der Waals surface area (Å²) in [4.78, 5) is 2.37. The lowest BCUT2D eigenvalue weighted by Gasteiger charge is -2.34. The van der Waals surface area contributed by atoms with Gasteiger partial charge in [0.1, 0.15) is 5.75 Å². The van der Waals surface area contributed by atoms with Gasteiger partial charge in [0.25, 0.3) is 0 Å². The zero-order valence-corrected chi connectivity index (χ0v) is 11.6. The summed E-state index contributed by atoms with van der Waals surface area (Å²) in [6.07, 6.45) is 3.53. The molecule has 2 rings (SSSR count). The summed E-state index contributed by atoms with van der Waals surface area (Å²) in [6, 6.07) is 6.48. The lowest BCUT2D eigenvalue weighted by atomic mass is 10.0. The van der Waals surface area contributed by atoms with Crippen LogP contribution in [0, 0.1) is 0 Å². The summed E-state index contributed by atoms with van der Waals surface area (Å²) in [5, 5.41) is 9.44. The van der Waals surface area contributed by atoms with Crippen LogP contribution in [0.4, 0.5) is 0 Å². The van der Waals surface area contributed by atoms with E-state index in [1.807, 2.05) is 6.07 Å². The van der Waals surface area contributed by atoms with Gasteiger partial charge in [0.05, 0.1) is 13.7 Å². The van der Waals surface area contributed by atoms with Crippen molar-refractivity contribution >= 4 is 0 Å². The van der Waals surface area contributed by atoms with Crippen LogP contribution in [-0.2, 0) is 13.1 Å². The Hall–Kier alpha value is -1.10. The topological polar surface area (TPSA) is 58.7 Å². The number of aliphatic hydroxyl groups is 1. The molecule has 0 amide bonds. The van der Waals surface area contributed by atoms with Crippen molar-refractivity contribution in [1.82, 2.24) is 4.90 Å². The highest BCUT2D eigenvalue weighted by atomic mass is 16.5. The standard InChI is InChI=1S/C15H24N2O2/c1-19-15-6-5-12(8-13(15)9-16)10-17-7-3-2-4-14(17)11-18/h5-6,8,14,18H,2-4,7,9-11,16H2,1H3. The first-order valence-corrected chi connectivity index (χ1v) is 6.99. The highest BCUT2D eigenvalue weighted by molar-refractivity contribution is 5.37. The Kier molecular flexibility index (Phi) is 5.19. The minimum absolute atomic E-state index is 0.250. The third-order valence-electron chi connectivity index (χ3n) is 3.91. The molecule has 19 heavy (non-hydrogen) atoms. The van der Waals surface area contributed by atoms with Crippen LogP contribution in [-0.4, -0.2) is 36.3 Å². The molecule has 1 aliphatic rings. The number of nitrogens with zero attached hydrogens (tertiary/aromatic N) is 1. The number of benzene rings is 1. The molecule has 0 saturated carbocycles. The van der Waals surface area contributed by atoms with E-state index in [1.54, 1.807) is 7.11 Å². The number of hydrogen-bond donors (Lipinski definition) is 2. The first-order valence-electron chi connectivity index (χ1n) is 6.99. The second-order valence-electron chi connectivity index (χ2n) is 5.15. The average molecular weight is 264 g/mol. The van der Waals surface area contributed by atoms with Gasteiger partial charge in [0, 0.05) is 24.7 Å². The highest BCUT2D eigenvalue weighted by Gasteiger charge is 2.21. The molecule has 1 unspecified atom stereocenters. The lowest BCUT2D eigenvalue weighted by Crippen LogP contribution is -2.41. The van der Waals surface area contributed by atoms with Gasteiger partial charge in [-0.2, -0.15) is 0 Å². The Bertz CT molecular complexity index is 409. The first-order chi connectivity index (χ1) is 9.28. The molecular formula is C15H24N2O2. The molecule has 1 saturated heterocycles. The molecule has 1 aliphatic heterocycles. The van der Waals surface area contributed by atoms with Gasteiger partial charge < -0.3 is 15.6 Å². The fourth-order valence-corrected chi connectivity index (χ4v) is 2.80. The van der Waals surface area contributed by atoms with Gasteiger partial charge in [-0.3, -0.25) is 4.90 Å². The number of rotatable bonds is 5. The van der Waals surface area contributed by atoms with Crippen molar-refractivity contribution in [2.24, 2.45) is 5.73 Å². The van der Waals surface area contributed by atoms with E-state index >= 15 is 0 Å². The summed E-state index contributed by atoms with van der Waals surface area (Å²) in [5.74, 6) is 0.851. The van der Waals surface area contributed by atoms with Crippen molar-refractivity contribution in [3.8, 4) is 5.75 Å². The summed E-state index contributed by atoms with van der Waals surface area (Å²) in [7, 11) is 1.67. The Balaban J connectivity index is 2.09. The Labute approximate surface area is 115 Å². The van der Waals surface area contributed by atoms with Crippen LogP contribution in [0.3, 0.4) is 0 Å². The molecule has 3 N–H and O–H groups in total. The predicted molar refractivity (Wildman–Crippen MR) is 76.0 cm³/mol. The monoisotopic (exact) mass is 264 g/mol. The van der Waals surface area contributed by atoms with E-state index in [4.69, 9.17) is 10.5 Å². The second-order valence-corrected chi connectivity index (χ2v) is 5.15. The molecule has 0 aliphatic carbocycles. The molecule has 1 heterocycles. The van der Waals surface area contributed by atoms with Gasteiger partial charge in [-0.05, 0) is 37.1 Å². The van der Waals surface area contributed by atoms with Crippen LogP contribution < -0.4 is 10.5 Å². The van der Waals surface area contributed by atoms with Crippen LogP contribution in [0.5, 0.6) is 5.75 Å². The van der Waals surface area contributed by atoms with Crippen LogP contribution in [0.2, 0.25) is 0 Å². The fraction of sp³-hybridized carbons (Fsp3) is 0.600. The number of aliphatic hydroxyl groups excluding tert-OH is 1. The summed E-state index contributed by atoms with van der Waals surface area (Å²) in [5.41, 5.74) is 8.03. The van der Waals surface area contributed by atoms with Crippen LogP contribution in [0.15, 0.2) is 18.2 Å². The normalized spacial score (nSPS) is 20.5. The minimum atomic E-state index is 0.250. The molecule has 0 bridgehead atoms. The molecular weight excluding hydrogens is 240 g/mol. The van der Waals surface area contributed by atoms with Crippen molar-refractivity contribution < 1.29 is 9.84 Å². The van der Waals surface area contributed by atoms with Gasteiger partial charge >= 0.3 is 0 Å². The first kappa shape index (κ1) is 14.3. The van der Waals surface area contributed by atoms with E-state index in [9.17, 15) is 5.11 Å². The van der Waals surface area contributed by atoms with Crippen molar-refractivity contribution in [3.05, 3.63) is 29.3 Å². The summed E-state index contributed by atoms with van der Waals surface area (Å²) < 4.78 is 5.29. The number of hydrogen-bond acceptors (Lipinski definition) is 4. The SMILES string of the molecule is COc1ccc(CN2CCCCC2CO)cc1CN. The Morgan fingerprint density at radius 3 is 2.95 bits per heavy atom. The number of ether oxygens (including phenoxy) is 1. The van der Waals surface area contributed by atoms with Crippen LogP contribution in [0.25, 0.3) is 0 Å². The fourth-order valence-electron chi connectivity index (χ4n) is 2.80. The van der Waals surface area contributed by atoms with Gasteiger partial charge in [0.2, 0.25) is 0 Å². The summed E-state index contributed by atoms with van der Waals surface area (Å²) >= 11 is 0. The molecule has 0 aromatic heterocycles. The molecule has 106 valence electrons. The maximum Gasteiger partial charge on any atom is 0.123 e. The van der Waals surface area contributed by atoms with Crippen molar-refractivity contribution in [1.29, 1.82) is 0 Å². The molecule has 1 aromatic carbocycles. The number of piperidine rings is 1. The van der Waals surface area contributed by atoms with Crippen molar-refractivity contribution in [3.63, 3.8) is 0 Å².